The molecule has 0 atom stereocenters. The van der Waals surface area contributed by atoms with Crippen molar-refractivity contribution in [3.63, 3.8) is 0 Å². The van der Waals surface area contributed by atoms with Gasteiger partial charge in [-0.15, -0.1) is 0 Å². The molecule has 0 amide bonds. The number of fused-ring (bicyclic) bond motifs is 1. The van der Waals surface area contributed by atoms with Crippen molar-refractivity contribution in [2.45, 2.75) is 13.1 Å². The first kappa shape index (κ1) is 21.8. The van der Waals surface area contributed by atoms with Gasteiger partial charge in [-0.3, -0.25) is 15.0 Å². The van der Waals surface area contributed by atoms with Crippen LogP contribution < -0.4 is 19.7 Å². The quantitative estimate of drug-likeness (QED) is 0.415. The Balaban J connectivity index is 1.25. The summed E-state index contributed by atoms with van der Waals surface area (Å²) in [5.41, 5.74) is 1.60. The van der Waals surface area contributed by atoms with Crippen LogP contribution in [0.3, 0.4) is 0 Å². The number of benzene rings is 2. The Hall–Kier alpha value is -3.99. The first-order chi connectivity index (χ1) is 16.6. The molecule has 10 nitrogen and oxygen atoms in total. The van der Waals surface area contributed by atoms with E-state index in [4.69, 9.17) is 9.47 Å². The van der Waals surface area contributed by atoms with Crippen LogP contribution in [0.1, 0.15) is 11.1 Å². The number of hydrogen-bond acceptors (Lipinski definition) is 9. The Bertz CT molecular complexity index is 1200. The van der Waals surface area contributed by atoms with Gasteiger partial charge in [-0.05, 0) is 35.4 Å². The molecule has 1 saturated heterocycles. The first-order valence-corrected chi connectivity index (χ1v) is 10.9. The lowest BCUT2D eigenvalue weighted by Crippen LogP contribution is -2.46. The van der Waals surface area contributed by atoms with Gasteiger partial charge in [0, 0.05) is 39.3 Å². The molecule has 176 valence electrons. The first-order valence-electron chi connectivity index (χ1n) is 10.9. The van der Waals surface area contributed by atoms with Crippen molar-refractivity contribution in [2.75, 3.05) is 43.2 Å². The third-order valence-corrected chi connectivity index (χ3v) is 5.85. The number of rotatable bonds is 7. The zero-order valence-corrected chi connectivity index (χ0v) is 18.3. The molecule has 2 aliphatic heterocycles. The van der Waals surface area contributed by atoms with Gasteiger partial charge in [0.1, 0.15) is 12.1 Å². The van der Waals surface area contributed by atoms with Crippen molar-refractivity contribution in [1.29, 1.82) is 0 Å². The van der Waals surface area contributed by atoms with Crippen LogP contribution >= 0.6 is 0 Å². The van der Waals surface area contributed by atoms with E-state index in [1.165, 1.54) is 18.5 Å². The number of nitro groups is 1. The number of halogens is 1. The summed E-state index contributed by atoms with van der Waals surface area (Å²) >= 11 is 0. The summed E-state index contributed by atoms with van der Waals surface area (Å²) in [6.07, 6.45) is 1.31. The van der Waals surface area contributed by atoms with Crippen LogP contribution in [-0.4, -0.2) is 52.8 Å². The summed E-state index contributed by atoms with van der Waals surface area (Å²) in [4.78, 5) is 23.9. The van der Waals surface area contributed by atoms with E-state index in [0.29, 0.717) is 18.7 Å². The van der Waals surface area contributed by atoms with Gasteiger partial charge >= 0.3 is 5.69 Å². The number of nitrogens with zero attached hydrogens (tertiary/aromatic N) is 5. The van der Waals surface area contributed by atoms with E-state index in [2.05, 4.69) is 20.2 Å². The van der Waals surface area contributed by atoms with Crippen molar-refractivity contribution in [2.24, 2.45) is 0 Å². The second kappa shape index (κ2) is 9.48. The maximum Gasteiger partial charge on any atom is 0.353 e. The fraction of sp³-hybridized carbons (Fsp3) is 0.304. The predicted octanol–water partition coefficient (Wildman–Crippen LogP) is 3.19. The van der Waals surface area contributed by atoms with Crippen LogP contribution in [-0.2, 0) is 13.1 Å². The molecule has 0 radical (unpaired) electrons. The van der Waals surface area contributed by atoms with E-state index in [1.807, 2.05) is 23.1 Å². The number of ether oxygens (including phenoxy) is 2. The summed E-state index contributed by atoms with van der Waals surface area (Å²) in [5.74, 6) is 1.54. The molecule has 0 bridgehead atoms. The molecular formula is C23H23FN6O4. The molecule has 0 spiro atoms. The monoisotopic (exact) mass is 466 g/mol. The standard InChI is InChI=1S/C23H23FN6O4/c24-18-3-1-2-16(10-18)12-25-22-21(30(31)32)23(27-14-26-22)29-8-6-28(7-9-29)13-17-4-5-19-20(11-17)34-15-33-19/h1-5,10-11,14H,6-9,12-13,15H2,(H,25,26,27). The highest BCUT2D eigenvalue weighted by Crippen LogP contribution is 2.34. The highest BCUT2D eigenvalue weighted by atomic mass is 19.1. The Morgan fingerprint density at radius 2 is 1.85 bits per heavy atom. The van der Waals surface area contributed by atoms with Crippen LogP contribution in [0.4, 0.5) is 21.7 Å². The molecule has 1 aromatic heterocycles. The average molecular weight is 466 g/mol. The summed E-state index contributed by atoms with van der Waals surface area (Å²) in [5, 5.41) is 14.9. The molecule has 0 saturated carbocycles. The number of hydrogen-bond donors (Lipinski definition) is 1. The lowest BCUT2D eigenvalue weighted by Gasteiger charge is -2.35. The van der Waals surface area contributed by atoms with E-state index in [0.717, 1.165) is 36.7 Å². The van der Waals surface area contributed by atoms with Crippen LogP contribution in [0.2, 0.25) is 0 Å². The van der Waals surface area contributed by atoms with E-state index >= 15 is 0 Å². The van der Waals surface area contributed by atoms with Crippen LogP contribution in [0.25, 0.3) is 0 Å². The van der Waals surface area contributed by atoms with Crippen LogP contribution in [0, 0.1) is 15.9 Å². The van der Waals surface area contributed by atoms with Crippen molar-refractivity contribution in [1.82, 2.24) is 14.9 Å². The van der Waals surface area contributed by atoms with E-state index in [-0.39, 0.29) is 36.5 Å². The SMILES string of the molecule is O=[N+]([O-])c1c(NCc2cccc(F)c2)ncnc1N1CCN(Cc2ccc3c(c2)OCO3)CC1. The summed E-state index contributed by atoms with van der Waals surface area (Å²) in [6.45, 7) is 3.82. The van der Waals surface area contributed by atoms with Gasteiger partial charge in [0.15, 0.2) is 11.5 Å². The smallest absolute Gasteiger partial charge is 0.353 e. The molecule has 1 N–H and O–H groups in total. The highest BCUT2D eigenvalue weighted by molar-refractivity contribution is 5.70. The molecule has 2 aliphatic rings. The zero-order valence-electron chi connectivity index (χ0n) is 18.3. The van der Waals surface area contributed by atoms with Gasteiger partial charge in [0.2, 0.25) is 18.4 Å². The molecule has 0 aliphatic carbocycles. The van der Waals surface area contributed by atoms with Crippen molar-refractivity contribution >= 4 is 17.3 Å². The van der Waals surface area contributed by atoms with Gasteiger partial charge in [0.05, 0.1) is 4.92 Å². The summed E-state index contributed by atoms with van der Waals surface area (Å²) in [6, 6.07) is 12.0. The molecule has 3 aromatic rings. The second-order valence-electron chi connectivity index (χ2n) is 8.09. The van der Waals surface area contributed by atoms with Crippen molar-refractivity contribution in [3.8, 4) is 11.5 Å². The highest BCUT2D eigenvalue weighted by Gasteiger charge is 2.29. The van der Waals surface area contributed by atoms with Gasteiger partial charge in [-0.1, -0.05) is 18.2 Å². The molecular weight excluding hydrogens is 443 g/mol. The Labute approximate surface area is 195 Å². The van der Waals surface area contributed by atoms with E-state index < -0.39 is 4.92 Å². The van der Waals surface area contributed by atoms with Crippen LogP contribution in [0.15, 0.2) is 48.8 Å². The molecule has 3 heterocycles. The predicted molar refractivity (Wildman–Crippen MR) is 122 cm³/mol. The maximum absolute atomic E-state index is 13.5. The molecule has 0 unspecified atom stereocenters. The Morgan fingerprint density at radius 1 is 1.03 bits per heavy atom. The topological polar surface area (TPSA) is 106 Å². The number of anilines is 2. The molecule has 5 rings (SSSR count). The summed E-state index contributed by atoms with van der Waals surface area (Å²) < 4.78 is 24.3. The third-order valence-electron chi connectivity index (χ3n) is 5.85. The van der Waals surface area contributed by atoms with Crippen molar-refractivity contribution in [3.05, 3.63) is 75.9 Å². The molecule has 1 fully saturated rings. The molecule has 11 heteroatoms. The minimum Gasteiger partial charge on any atom is -0.454 e. The van der Waals surface area contributed by atoms with E-state index in [9.17, 15) is 14.5 Å². The molecule has 34 heavy (non-hydrogen) atoms. The van der Waals surface area contributed by atoms with Gasteiger partial charge in [0.25, 0.3) is 0 Å². The maximum atomic E-state index is 13.5. The minimum absolute atomic E-state index is 0.113. The lowest BCUT2D eigenvalue weighted by molar-refractivity contribution is -0.383. The lowest BCUT2D eigenvalue weighted by atomic mass is 10.1. The Morgan fingerprint density at radius 3 is 2.65 bits per heavy atom. The van der Waals surface area contributed by atoms with Crippen LogP contribution in [0.5, 0.6) is 11.5 Å². The molecule has 2 aromatic carbocycles. The van der Waals surface area contributed by atoms with Gasteiger partial charge in [-0.2, -0.15) is 0 Å². The fourth-order valence-corrected chi connectivity index (χ4v) is 4.15. The summed E-state index contributed by atoms with van der Waals surface area (Å²) in [7, 11) is 0. The largest absolute Gasteiger partial charge is 0.454 e. The minimum atomic E-state index is -0.470. The van der Waals surface area contributed by atoms with Crippen molar-refractivity contribution < 1.29 is 18.8 Å². The second-order valence-corrected chi connectivity index (χ2v) is 8.09. The van der Waals surface area contributed by atoms with Gasteiger partial charge < -0.3 is 19.7 Å². The van der Waals surface area contributed by atoms with Gasteiger partial charge in [-0.25, -0.2) is 14.4 Å². The zero-order chi connectivity index (χ0) is 23.5. The average Bonchev–Trinajstić information content (AvgIpc) is 3.31. The fourth-order valence-electron chi connectivity index (χ4n) is 4.15. The number of aromatic nitrogens is 2. The number of nitrogens with one attached hydrogen (secondary N) is 1. The number of piperazine rings is 1. The third kappa shape index (κ3) is 4.69. The van der Waals surface area contributed by atoms with E-state index in [1.54, 1.807) is 12.1 Å². The normalized spacial score (nSPS) is 15.4. The Kier molecular flexibility index (Phi) is 6.09.